The van der Waals surface area contributed by atoms with Crippen LogP contribution in [0.1, 0.15) is 206 Å². The minimum atomic E-state index is -0.655. The summed E-state index contributed by atoms with van der Waals surface area (Å²) in [4.78, 5) is 12.5. The topological polar surface area (TPSA) is 81.0 Å². The van der Waals surface area contributed by atoms with E-state index in [0.717, 1.165) is 19.4 Å². The van der Waals surface area contributed by atoms with E-state index in [0.29, 0.717) is 19.5 Å². The number of nitrogens with zero attached hydrogens (tertiary/aromatic N) is 1. The van der Waals surface area contributed by atoms with Gasteiger partial charge in [0.1, 0.15) is 0 Å². The first kappa shape index (κ1) is 44.5. The molecule has 0 aromatic heterocycles. The Balaban J connectivity index is 0. The minimum absolute atomic E-state index is 0.193. The molecule has 0 bridgehead atoms. The van der Waals surface area contributed by atoms with Gasteiger partial charge in [0, 0.05) is 19.5 Å². The number of unbranched alkanes of at least 4 members (excludes halogenated alkanes) is 27. The van der Waals surface area contributed by atoms with Gasteiger partial charge in [-0.15, -0.1) is 0 Å². The Labute approximate surface area is 270 Å². The molecule has 0 aliphatic heterocycles. The van der Waals surface area contributed by atoms with Gasteiger partial charge >= 0.3 is 5.97 Å². The van der Waals surface area contributed by atoms with E-state index in [1.165, 1.54) is 173 Å². The van der Waals surface area contributed by atoms with E-state index in [9.17, 15) is 4.79 Å². The first-order valence-corrected chi connectivity index (χ1v) is 19.3. The fourth-order valence-corrected chi connectivity index (χ4v) is 5.80. The summed E-state index contributed by atoms with van der Waals surface area (Å²) in [5, 5.41) is 26.4. The maximum absolute atomic E-state index is 10.3. The SMILES string of the molecule is CCCCCCCCCCCCCCCC(=O)O.CCCCCCCCCCCCCCCCCCN(CCO)CCO. The number of hydrogen-bond acceptors (Lipinski definition) is 4. The van der Waals surface area contributed by atoms with Gasteiger partial charge in [-0.25, -0.2) is 0 Å². The molecule has 0 aliphatic carbocycles. The summed E-state index contributed by atoms with van der Waals surface area (Å²) < 4.78 is 0. The first-order chi connectivity index (χ1) is 21.1. The lowest BCUT2D eigenvalue weighted by Crippen LogP contribution is -2.30. The van der Waals surface area contributed by atoms with Gasteiger partial charge in [0.2, 0.25) is 0 Å². The molecular weight excluding hydrogens is 534 g/mol. The van der Waals surface area contributed by atoms with Crippen LogP contribution in [0.5, 0.6) is 0 Å². The van der Waals surface area contributed by atoms with Crippen LogP contribution in [-0.4, -0.2) is 59.0 Å². The zero-order valence-corrected chi connectivity index (χ0v) is 29.4. The Hall–Kier alpha value is -0.650. The molecule has 5 nitrogen and oxygen atoms in total. The van der Waals surface area contributed by atoms with E-state index >= 15 is 0 Å². The molecule has 0 amide bonds. The molecule has 0 radical (unpaired) electrons. The van der Waals surface area contributed by atoms with Crippen LogP contribution in [0.25, 0.3) is 0 Å². The van der Waals surface area contributed by atoms with Crippen molar-refractivity contribution in [3.05, 3.63) is 0 Å². The smallest absolute Gasteiger partial charge is 0.303 e. The van der Waals surface area contributed by atoms with Crippen molar-refractivity contribution in [2.75, 3.05) is 32.8 Å². The van der Waals surface area contributed by atoms with E-state index in [1.807, 2.05) is 0 Å². The molecule has 0 heterocycles. The lowest BCUT2D eigenvalue weighted by atomic mass is 10.0. The van der Waals surface area contributed by atoms with E-state index < -0.39 is 5.97 Å². The number of carboxylic acid groups (broad SMARTS) is 1. The van der Waals surface area contributed by atoms with Crippen LogP contribution in [-0.2, 0) is 4.79 Å². The van der Waals surface area contributed by atoms with Crippen LogP contribution in [0.15, 0.2) is 0 Å². The van der Waals surface area contributed by atoms with E-state index in [1.54, 1.807) is 0 Å². The van der Waals surface area contributed by atoms with Crippen molar-refractivity contribution in [1.82, 2.24) is 4.90 Å². The van der Waals surface area contributed by atoms with Crippen molar-refractivity contribution in [3.63, 3.8) is 0 Å². The van der Waals surface area contributed by atoms with Crippen molar-refractivity contribution >= 4 is 5.97 Å². The van der Waals surface area contributed by atoms with Gasteiger partial charge in [0.05, 0.1) is 13.2 Å². The quantitative estimate of drug-likeness (QED) is 0.0619. The van der Waals surface area contributed by atoms with Crippen LogP contribution in [0.4, 0.5) is 0 Å². The molecular formula is C38H79NO4. The van der Waals surface area contributed by atoms with Crippen molar-refractivity contribution in [1.29, 1.82) is 0 Å². The molecule has 5 heteroatoms. The van der Waals surface area contributed by atoms with Crippen LogP contribution in [0.2, 0.25) is 0 Å². The predicted molar refractivity (Wildman–Crippen MR) is 188 cm³/mol. The molecule has 0 aromatic rings. The van der Waals surface area contributed by atoms with Gasteiger partial charge in [0.15, 0.2) is 0 Å². The second-order valence-electron chi connectivity index (χ2n) is 13.0. The fourth-order valence-electron chi connectivity index (χ4n) is 5.80. The zero-order valence-electron chi connectivity index (χ0n) is 29.4. The first-order valence-electron chi connectivity index (χ1n) is 19.3. The summed E-state index contributed by atoms with van der Waals surface area (Å²) in [5.41, 5.74) is 0. The second kappa shape index (κ2) is 41.4. The van der Waals surface area contributed by atoms with E-state index in [-0.39, 0.29) is 13.2 Å². The Morgan fingerprint density at radius 2 is 0.651 bits per heavy atom. The normalized spacial score (nSPS) is 11.2. The number of aliphatic hydroxyl groups is 2. The monoisotopic (exact) mass is 614 g/mol. The third-order valence-electron chi connectivity index (χ3n) is 8.65. The largest absolute Gasteiger partial charge is 0.481 e. The van der Waals surface area contributed by atoms with Gasteiger partial charge in [0.25, 0.3) is 0 Å². The van der Waals surface area contributed by atoms with Crippen LogP contribution < -0.4 is 0 Å². The molecule has 0 atom stereocenters. The maximum Gasteiger partial charge on any atom is 0.303 e. The Morgan fingerprint density at radius 1 is 0.395 bits per heavy atom. The Morgan fingerprint density at radius 3 is 0.907 bits per heavy atom. The number of rotatable bonds is 35. The summed E-state index contributed by atoms with van der Waals surface area (Å²) in [5.74, 6) is -0.655. The highest BCUT2D eigenvalue weighted by molar-refractivity contribution is 5.66. The number of carboxylic acids is 1. The summed E-state index contributed by atoms with van der Waals surface area (Å²) in [7, 11) is 0. The molecule has 0 fully saturated rings. The highest BCUT2D eigenvalue weighted by atomic mass is 16.4. The lowest BCUT2D eigenvalue weighted by Gasteiger charge is -2.19. The number of aliphatic carboxylic acids is 1. The Bertz CT molecular complexity index is 496. The summed E-state index contributed by atoms with van der Waals surface area (Å²) in [6, 6.07) is 0. The van der Waals surface area contributed by atoms with Gasteiger partial charge in [-0.05, 0) is 19.4 Å². The molecule has 43 heavy (non-hydrogen) atoms. The standard InChI is InChI=1S/C22H47NO2.C16H32O2/c1-2-3-4-5-6-7-8-9-10-11-12-13-14-15-16-17-18-23(19-21-24)20-22-25;1-2-3-4-5-6-7-8-9-10-11-12-13-14-15-16(17)18/h24-25H,2-22H2,1H3;2-15H2,1H3,(H,17,18). The molecule has 3 N–H and O–H groups in total. The number of hydrogen-bond donors (Lipinski definition) is 3. The lowest BCUT2D eigenvalue weighted by molar-refractivity contribution is -0.137. The van der Waals surface area contributed by atoms with Crippen molar-refractivity contribution in [3.8, 4) is 0 Å². The fraction of sp³-hybridized carbons (Fsp3) is 0.974. The highest BCUT2D eigenvalue weighted by Gasteiger charge is 2.03. The molecule has 0 saturated carbocycles. The molecule has 0 saturated heterocycles. The van der Waals surface area contributed by atoms with Gasteiger partial charge in [-0.2, -0.15) is 0 Å². The average molecular weight is 614 g/mol. The summed E-state index contributed by atoms with van der Waals surface area (Å²) in [6.45, 7) is 7.33. The van der Waals surface area contributed by atoms with Crippen LogP contribution >= 0.6 is 0 Å². The average Bonchev–Trinajstić information content (AvgIpc) is 2.99. The molecule has 0 aromatic carbocycles. The van der Waals surface area contributed by atoms with E-state index in [2.05, 4.69) is 18.7 Å². The number of aliphatic hydroxyl groups excluding tert-OH is 2. The summed E-state index contributed by atoms with van der Waals surface area (Å²) in [6.07, 6.45) is 39.6. The van der Waals surface area contributed by atoms with Crippen molar-refractivity contribution < 1.29 is 20.1 Å². The molecule has 0 unspecified atom stereocenters. The molecule has 0 aliphatic rings. The zero-order chi connectivity index (χ0) is 31.9. The van der Waals surface area contributed by atoms with Gasteiger partial charge in [-0.3, -0.25) is 9.69 Å². The molecule has 0 spiro atoms. The molecule has 0 rings (SSSR count). The van der Waals surface area contributed by atoms with Gasteiger partial charge in [-0.1, -0.05) is 187 Å². The van der Waals surface area contributed by atoms with Crippen LogP contribution in [0, 0.1) is 0 Å². The number of carbonyl (C=O) groups is 1. The molecule has 260 valence electrons. The minimum Gasteiger partial charge on any atom is -0.481 e. The predicted octanol–water partition coefficient (Wildman–Crippen LogP) is 11.1. The van der Waals surface area contributed by atoms with Gasteiger partial charge < -0.3 is 15.3 Å². The maximum atomic E-state index is 10.3. The van der Waals surface area contributed by atoms with E-state index in [4.69, 9.17) is 15.3 Å². The van der Waals surface area contributed by atoms with Crippen molar-refractivity contribution in [2.24, 2.45) is 0 Å². The highest BCUT2D eigenvalue weighted by Crippen LogP contribution is 2.15. The Kier molecular flexibility index (Phi) is 42.8. The third-order valence-corrected chi connectivity index (χ3v) is 8.65. The van der Waals surface area contributed by atoms with Crippen LogP contribution in [0.3, 0.4) is 0 Å². The van der Waals surface area contributed by atoms with Crippen molar-refractivity contribution in [2.45, 2.75) is 206 Å². The third kappa shape index (κ3) is 43.5. The second-order valence-corrected chi connectivity index (χ2v) is 13.0. The summed E-state index contributed by atoms with van der Waals surface area (Å²) >= 11 is 0.